The third kappa shape index (κ3) is 19.5. The maximum Gasteiger partial charge on any atom is 0.262 e. The second kappa shape index (κ2) is 24.9. The summed E-state index contributed by atoms with van der Waals surface area (Å²) in [5.74, 6) is -0.678. The molecule has 1 saturated carbocycles. The van der Waals surface area contributed by atoms with Gasteiger partial charge in [-0.1, -0.05) is 104 Å². The molecule has 0 spiro atoms. The molecule has 4 amide bonds. The molecule has 0 aliphatic heterocycles. The Morgan fingerprint density at radius 3 is 1.64 bits per heavy atom. The van der Waals surface area contributed by atoms with Crippen LogP contribution in [0, 0.1) is 5.92 Å². The van der Waals surface area contributed by atoms with Crippen molar-refractivity contribution in [3.05, 3.63) is 0 Å². The number of carbonyl (C=O) groups is 4. The summed E-state index contributed by atoms with van der Waals surface area (Å²) in [6, 6.07) is 0. The minimum absolute atomic E-state index is 0.0150. The van der Waals surface area contributed by atoms with Crippen molar-refractivity contribution in [2.24, 2.45) is 5.92 Å². The first-order valence-corrected chi connectivity index (χ1v) is 15.5. The average Bonchev–Trinajstić information content (AvgIpc) is 3.47. The van der Waals surface area contributed by atoms with Gasteiger partial charge in [0, 0.05) is 33.0 Å². The molecule has 0 aromatic heterocycles. The van der Waals surface area contributed by atoms with E-state index in [0.29, 0.717) is 13.1 Å². The Bertz CT molecular complexity index is 662. The SMILES string of the molecule is CCCCCCCC.CCCCN(CC(=O)NC)C(=O)CCC(=O)N(CCCCC1CCCC1)CC(=O)NO. The molecule has 1 aliphatic carbocycles. The monoisotopic (exact) mass is 554 g/mol. The van der Waals surface area contributed by atoms with Crippen LogP contribution in [0.4, 0.5) is 0 Å². The number of likely N-dealkylation sites (N-methyl/N-ethyl adjacent to an activating group) is 1. The van der Waals surface area contributed by atoms with E-state index in [2.05, 4.69) is 19.2 Å². The Kier molecular flexibility index (Phi) is 23.5. The highest BCUT2D eigenvalue weighted by molar-refractivity contribution is 5.89. The Labute approximate surface area is 237 Å². The van der Waals surface area contributed by atoms with Gasteiger partial charge in [-0.05, 0) is 18.8 Å². The third-order valence-corrected chi connectivity index (χ3v) is 7.33. The number of unbranched alkanes of at least 4 members (excludes halogenated alkanes) is 7. The van der Waals surface area contributed by atoms with Crippen LogP contribution in [0.5, 0.6) is 0 Å². The molecule has 1 fully saturated rings. The molecule has 9 heteroatoms. The van der Waals surface area contributed by atoms with E-state index in [1.165, 1.54) is 81.1 Å². The van der Waals surface area contributed by atoms with Crippen molar-refractivity contribution in [2.45, 2.75) is 130 Å². The Morgan fingerprint density at radius 2 is 1.18 bits per heavy atom. The van der Waals surface area contributed by atoms with Crippen LogP contribution in [0.3, 0.4) is 0 Å². The molecular weight excluding hydrogens is 496 g/mol. The number of carbonyl (C=O) groups excluding carboxylic acids is 4. The summed E-state index contributed by atoms with van der Waals surface area (Å²) in [6.07, 6.45) is 18.2. The van der Waals surface area contributed by atoms with Crippen molar-refractivity contribution in [3.63, 3.8) is 0 Å². The van der Waals surface area contributed by atoms with Crippen molar-refractivity contribution < 1.29 is 24.4 Å². The van der Waals surface area contributed by atoms with E-state index in [1.807, 2.05) is 6.92 Å². The molecule has 0 atom stereocenters. The van der Waals surface area contributed by atoms with Gasteiger partial charge in [-0.3, -0.25) is 24.4 Å². The molecule has 0 bridgehead atoms. The molecule has 39 heavy (non-hydrogen) atoms. The topological polar surface area (TPSA) is 119 Å². The first kappa shape index (κ1) is 36.8. The highest BCUT2D eigenvalue weighted by Gasteiger charge is 2.21. The van der Waals surface area contributed by atoms with Crippen LogP contribution in [0.2, 0.25) is 0 Å². The van der Waals surface area contributed by atoms with Crippen LogP contribution in [0.25, 0.3) is 0 Å². The fourth-order valence-corrected chi connectivity index (χ4v) is 4.81. The summed E-state index contributed by atoms with van der Waals surface area (Å²) in [6.45, 7) is 7.15. The number of amides is 4. The normalized spacial score (nSPS) is 12.8. The highest BCUT2D eigenvalue weighted by atomic mass is 16.5. The zero-order valence-electron chi connectivity index (χ0n) is 25.4. The third-order valence-electron chi connectivity index (χ3n) is 7.33. The molecule has 0 heterocycles. The maximum absolute atomic E-state index is 12.7. The lowest BCUT2D eigenvalue weighted by Gasteiger charge is -2.24. The minimum Gasteiger partial charge on any atom is -0.358 e. The van der Waals surface area contributed by atoms with Gasteiger partial charge in [0.2, 0.25) is 17.7 Å². The van der Waals surface area contributed by atoms with Gasteiger partial charge >= 0.3 is 0 Å². The van der Waals surface area contributed by atoms with Crippen LogP contribution >= 0.6 is 0 Å². The fourth-order valence-electron chi connectivity index (χ4n) is 4.81. The second-order valence-electron chi connectivity index (χ2n) is 10.8. The van der Waals surface area contributed by atoms with E-state index in [4.69, 9.17) is 5.21 Å². The molecule has 0 radical (unpaired) electrons. The number of hydrogen-bond acceptors (Lipinski definition) is 5. The summed E-state index contributed by atoms with van der Waals surface area (Å²) < 4.78 is 0. The Morgan fingerprint density at radius 1 is 0.692 bits per heavy atom. The summed E-state index contributed by atoms with van der Waals surface area (Å²) in [5, 5.41) is 11.3. The molecule has 3 N–H and O–H groups in total. The first-order valence-electron chi connectivity index (χ1n) is 15.5. The highest BCUT2D eigenvalue weighted by Crippen LogP contribution is 2.28. The van der Waals surface area contributed by atoms with E-state index in [-0.39, 0.29) is 43.7 Å². The number of rotatable bonds is 20. The predicted molar refractivity (Wildman–Crippen MR) is 156 cm³/mol. The van der Waals surface area contributed by atoms with E-state index in [1.54, 1.807) is 5.48 Å². The molecule has 1 rings (SSSR count). The van der Waals surface area contributed by atoms with Gasteiger partial charge in [-0.25, -0.2) is 5.48 Å². The Hall–Kier alpha value is -2.16. The average molecular weight is 555 g/mol. The van der Waals surface area contributed by atoms with Gasteiger partial charge in [0.15, 0.2) is 0 Å². The van der Waals surface area contributed by atoms with Gasteiger partial charge in [-0.15, -0.1) is 0 Å². The summed E-state index contributed by atoms with van der Waals surface area (Å²) in [7, 11) is 1.52. The molecule has 0 saturated heterocycles. The molecular formula is C30H58N4O5. The summed E-state index contributed by atoms with van der Waals surface area (Å²) in [5.41, 5.74) is 1.57. The maximum atomic E-state index is 12.7. The van der Waals surface area contributed by atoms with E-state index in [0.717, 1.165) is 38.0 Å². The lowest BCUT2D eigenvalue weighted by Crippen LogP contribution is -2.42. The van der Waals surface area contributed by atoms with Gasteiger partial charge in [-0.2, -0.15) is 0 Å². The number of nitrogens with zero attached hydrogens (tertiary/aromatic N) is 2. The van der Waals surface area contributed by atoms with Crippen molar-refractivity contribution in [2.75, 3.05) is 33.2 Å². The predicted octanol–water partition coefficient (Wildman–Crippen LogP) is 5.20. The zero-order valence-corrected chi connectivity index (χ0v) is 25.4. The smallest absolute Gasteiger partial charge is 0.262 e. The standard InChI is InChI=1S/C22H40N4O5.C8H18/c1-3-4-14-25(16-19(27)23-2)21(29)12-13-22(30)26(17-20(28)24-31)15-8-7-11-18-9-5-6-10-18;1-3-5-7-8-6-4-2/h18,31H,3-17H2,1-2H3,(H,23,27)(H,24,28);3-8H2,1-2H3. The summed E-state index contributed by atoms with van der Waals surface area (Å²) >= 11 is 0. The largest absolute Gasteiger partial charge is 0.358 e. The van der Waals surface area contributed by atoms with Crippen LogP contribution < -0.4 is 10.8 Å². The van der Waals surface area contributed by atoms with Gasteiger partial charge in [0.1, 0.15) is 6.54 Å². The molecule has 1 aliphatic rings. The van der Waals surface area contributed by atoms with Crippen LogP contribution in [-0.4, -0.2) is 71.9 Å². The van der Waals surface area contributed by atoms with E-state index >= 15 is 0 Å². The second-order valence-corrected chi connectivity index (χ2v) is 10.8. The van der Waals surface area contributed by atoms with Gasteiger partial charge in [0.05, 0.1) is 6.54 Å². The van der Waals surface area contributed by atoms with Crippen LogP contribution in [0.1, 0.15) is 130 Å². The lowest BCUT2D eigenvalue weighted by molar-refractivity contribution is -0.141. The quantitative estimate of drug-likeness (QED) is 0.109. The molecule has 0 unspecified atom stereocenters. The van der Waals surface area contributed by atoms with Crippen molar-refractivity contribution in [1.82, 2.24) is 20.6 Å². The lowest BCUT2D eigenvalue weighted by atomic mass is 10.0. The van der Waals surface area contributed by atoms with Gasteiger partial charge < -0.3 is 15.1 Å². The minimum atomic E-state index is -0.653. The fraction of sp³-hybridized carbons (Fsp3) is 0.867. The number of hydroxylamine groups is 1. The first-order chi connectivity index (χ1) is 18.8. The Balaban J connectivity index is 0.00000156. The van der Waals surface area contributed by atoms with Crippen LogP contribution in [0.15, 0.2) is 0 Å². The zero-order chi connectivity index (χ0) is 29.3. The van der Waals surface area contributed by atoms with E-state index < -0.39 is 5.91 Å². The van der Waals surface area contributed by atoms with Crippen molar-refractivity contribution >= 4 is 23.6 Å². The van der Waals surface area contributed by atoms with E-state index in [9.17, 15) is 19.2 Å². The van der Waals surface area contributed by atoms with Crippen LogP contribution in [-0.2, 0) is 19.2 Å². The number of hydrogen-bond donors (Lipinski definition) is 3. The summed E-state index contributed by atoms with van der Waals surface area (Å²) in [4.78, 5) is 51.4. The van der Waals surface area contributed by atoms with Crippen molar-refractivity contribution in [1.29, 1.82) is 0 Å². The van der Waals surface area contributed by atoms with Gasteiger partial charge in [0.25, 0.3) is 5.91 Å². The molecule has 0 aromatic carbocycles. The molecule has 0 aromatic rings. The number of nitrogens with one attached hydrogen (secondary N) is 2. The van der Waals surface area contributed by atoms with Crippen molar-refractivity contribution in [3.8, 4) is 0 Å². The molecule has 228 valence electrons. The molecule has 9 nitrogen and oxygen atoms in total.